The van der Waals surface area contributed by atoms with Crippen LogP contribution in [0.5, 0.6) is 0 Å². The summed E-state index contributed by atoms with van der Waals surface area (Å²) in [5.74, 6) is -0.379. The first kappa shape index (κ1) is 8.46. The monoisotopic (exact) mass is 175 g/mol. The Balaban J connectivity index is 2.93. The molecule has 1 aromatic rings. The van der Waals surface area contributed by atoms with Crippen molar-refractivity contribution >= 4 is 11.6 Å². The molecule has 11 heavy (non-hydrogen) atoms. The number of hydrogen-bond acceptors (Lipinski definition) is 2. The molecule has 0 bridgehead atoms. The van der Waals surface area contributed by atoms with E-state index in [-0.39, 0.29) is 12.4 Å². The molecular weight excluding hydrogens is 169 g/mol. The van der Waals surface area contributed by atoms with Crippen LogP contribution in [-0.4, -0.2) is 5.21 Å². The molecule has 1 rings (SSSR count). The fourth-order valence-corrected chi connectivity index (χ4v) is 0.959. The van der Waals surface area contributed by atoms with Crippen LogP contribution in [0.4, 0.5) is 4.39 Å². The summed E-state index contributed by atoms with van der Waals surface area (Å²) in [4.78, 5) is 0. The lowest BCUT2D eigenvalue weighted by molar-refractivity contribution is 0.160. The van der Waals surface area contributed by atoms with Crippen molar-refractivity contribution in [1.29, 1.82) is 0 Å². The van der Waals surface area contributed by atoms with Crippen molar-refractivity contribution in [2.75, 3.05) is 0 Å². The van der Waals surface area contributed by atoms with E-state index in [1.165, 1.54) is 18.2 Å². The topological polar surface area (TPSA) is 32.3 Å². The largest absolute Gasteiger partial charge is 0.316 e. The van der Waals surface area contributed by atoms with E-state index in [0.29, 0.717) is 10.6 Å². The lowest BCUT2D eigenvalue weighted by Gasteiger charge is -2.00. The van der Waals surface area contributed by atoms with Crippen LogP contribution in [-0.2, 0) is 6.54 Å². The standard InChI is InChI=1S/C7H7ClFNO/c8-6-1-2-7(9)5(3-6)4-10-11/h1-3,10-11H,4H2. The minimum Gasteiger partial charge on any atom is -0.316 e. The molecule has 0 atom stereocenters. The molecule has 1 aromatic carbocycles. The molecule has 0 spiro atoms. The van der Waals surface area contributed by atoms with Gasteiger partial charge in [-0.1, -0.05) is 11.6 Å². The number of hydrogen-bond donors (Lipinski definition) is 2. The predicted octanol–water partition coefficient (Wildman–Crippen LogP) is 1.96. The van der Waals surface area contributed by atoms with Crippen LogP contribution in [0.25, 0.3) is 0 Å². The lowest BCUT2D eigenvalue weighted by Crippen LogP contribution is -2.07. The zero-order chi connectivity index (χ0) is 8.27. The Labute approximate surface area is 68.6 Å². The first-order valence-corrected chi connectivity index (χ1v) is 3.42. The summed E-state index contributed by atoms with van der Waals surface area (Å²) >= 11 is 5.58. The zero-order valence-electron chi connectivity index (χ0n) is 5.64. The van der Waals surface area contributed by atoms with E-state index in [1.807, 2.05) is 5.48 Å². The summed E-state index contributed by atoms with van der Waals surface area (Å²) in [6.07, 6.45) is 0. The second-order valence-corrected chi connectivity index (χ2v) is 2.51. The minimum atomic E-state index is -0.379. The van der Waals surface area contributed by atoms with Crippen LogP contribution in [0, 0.1) is 5.82 Å². The molecule has 0 aliphatic carbocycles. The third-order valence-corrected chi connectivity index (χ3v) is 1.51. The van der Waals surface area contributed by atoms with E-state index in [1.54, 1.807) is 0 Å². The van der Waals surface area contributed by atoms with Gasteiger partial charge in [-0.25, -0.2) is 9.87 Å². The fourth-order valence-electron chi connectivity index (χ4n) is 0.764. The molecule has 0 radical (unpaired) electrons. The summed E-state index contributed by atoms with van der Waals surface area (Å²) in [5, 5.41) is 8.73. The Morgan fingerprint density at radius 2 is 2.27 bits per heavy atom. The fraction of sp³-hybridized carbons (Fsp3) is 0.143. The van der Waals surface area contributed by atoms with Gasteiger partial charge >= 0.3 is 0 Å². The van der Waals surface area contributed by atoms with Crippen molar-refractivity contribution in [3.63, 3.8) is 0 Å². The van der Waals surface area contributed by atoms with Gasteiger partial charge in [0.15, 0.2) is 0 Å². The lowest BCUT2D eigenvalue weighted by atomic mass is 10.2. The van der Waals surface area contributed by atoms with E-state index in [2.05, 4.69) is 0 Å². The number of nitrogens with one attached hydrogen (secondary N) is 1. The van der Waals surface area contributed by atoms with Crippen molar-refractivity contribution < 1.29 is 9.60 Å². The van der Waals surface area contributed by atoms with Gasteiger partial charge in [-0.2, -0.15) is 0 Å². The third-order valence-electron chi connectivity index (χ3n) is 1.28. The van der Waals surface area contributed by atoms with E-state index in [4.69, 9.17) is 16.8 Å². The van der Waals surface area contributed by atoms with Gasteiger partial charge in [-0.15, -0.1) is 0 Å². The van der Waals surface area contributed by atoms with Gasteiger partial charge in [-0.3, -0.25) is 0 Å². The average molecular weight is 176 g/mol. The maximum atomic E-state index is 12.7. The van der Waals surface area contributed by atoms with E-state index < -0.39 is 0 Å². The summed E-state index contributed by atoms with van der Waals surface area (Å²) in [6, 6.07) is 4.17. The molecule has 0 saturated carbocycles. The van der Waals surface area contributed by atoms with Crippen LogP contribution in [0.15, 0.2) is 18.2 Å². The molecule has 0 heterocycles. The molecule has 0 aliphatic rings. The predicted molar refractivity (Wildman–Crippen MR) is 40.0 cm³/mol. The van der Waals surface area contributed by atoms with Gasteiger partial charge < -0.3 is 5.21 Å². The number of rotatable bonds is 2. The van der Waals surface area contributed by atoms with Gasteiger partial charge in [0.25, 0.3) is 0 Å². The van der Waals surface area contributed by atoms with Gasteiger partial charge in [0.1, 0.15) is 5.82 Å². The SMILES string of the molecule is ONCc1cc(Cl)ccc1F. The van der Waals surface area contributed by atoms with E-state index >= 15 is 0 Å². The maximum absolute atomic E-state index is 12.7. The highest BCUT2D eigenvalue weighted by atomic mass is 35.5. The van der Waals surface area contributed by atoms with E-state index in [9.17, 15) is 4.39 Å². The molecule has 4 heteroatoms. The van der Waals surface area contributed by atoms with Crippen LogP contribution in [0.1, 0.15) is 5.56 Å². The van der Waals surface area contributed by atoms with Crippen molar-refractivity contribution in [1.82, 2.24) is 5.48 Å². The first-order valence-electron chi connectivity index (χ1n) is 3.05. The molecule has 0 amide bonds. The van der Waals surface area contributed by atoms with Gasteiger partial charge in [0.05, 0.1) is 0 Å². The van der Waals surface area contributed by atoms with Crippen molar-refractivity contribution in [2.24, 2.45) is 0 Å². The van der Waals surface area contributed by atoms with Gasteiger partial charge in [0.2, 0.25) is 0 Å². The Hall–Kier alpha value is -0.640. The second kappa shape index (κ2) is 3.67. The van der Waals surface area contributed by atoms with Gasteiger partial charge in [-0.05, 0) is 18.2 Å². The molecule has 0 fully saturated rings. The quantitative estimate of drug-likeness (QED) is 0.674. The molecular formula is C7H7ClFNO. The molecule has 2 N–H and O–H groups in total. The Morgan fingerprint density at radius 1 is 1.55 bits per heavy atom. The van der Waals surface area contributed by atoms with Crippen molar-refractivity contribution in [3.05, 3.63) is 34.6 Å². The second-order valence-electron chi connectivity index (χ2n) is 2.07. The van der Waals surface area contributed by atoms with Crippen molar-refractivity contribution in [3.8, 4) is 0 Å². The summed E-state index contributed by atoms with van der Waals surface area (Å²) in [7, 11) is 0. The van der Waals surface area contributed by atoms with Crippen molar-refractivity contribution in [2.45, 2.75) is 6.54 Å². The molecule has 0 aromatic heterocycles. The average Bonchev–Trinajstić information content (AvgIpc) is 1.98. The van der Waals surface area contributed by atoms with Crippen LogP contribution in [0.3, 0.4) is 0 Å². The summed E-state index contributed by atoms with van der Waals surface area (Å²) in [6.45, 7) is 0.0619. The molecule has 60 valence electrons. The maximum Gasteiger partial charge on any atom is 0.127 e. The Bertz CT molecular complexity index is 254. The summed E-state index contributed by atoms with van der Waals surface area (Å²) in [5.41, 5.74) is 2.20. The Kier molecular flexibility index (Phi) is 2.82. The molecule has 2 nitrogen and oxygen atoms in total. The number of halogens is 2. The normalized spacial score (nSPS) is 10.1. The smallest absolute Gasteiger partial charge is 0.127 e. The minimum absolute atomic E-state index is 0.0619. The number of hydroxylamine groups is 1. The van der Waals surface area contributed by atoms with Crippen LogP contribution >= 0.6 is 11.6 Å². The van der Waals surface area contributed by atoms with Crippen LogP contribution in [0.2, 0.25) is 5.02 Å². The zero-order valence-corrected chi connectivity index (χ0v) is 6.40. The summed E-state index contributed by atoms with van der Waals surface area (Å²) < 4.78 is 12.7. The first-order chi connectivity index (χ1) is 5.24. The van der Waals surface area contributed by atoms with E-state index in [0.717, 1.165) is 0 Å². The molecule has 0 unspecified atom stereocenters. The highest BCUT2D eigenvalue weighted by Crippen LogP contribution is 2.14. The molecule has 0 saturated heterocycles. The highest BCUT2D eigenvalue weighted by molar-refractivity contribution is 6.30. The third kappa shape index (κ3) is 2.15. The number of benzene rings is 1. The van der Waals surface area contributed by atoms with Crippen LogP contribution < -0.4 is 5.48 Å². The Morgan fingerprint density at radius 3 is 2.91 bits per heavy atom. The van der Waals surface area contributed by atoms with Gasteiger partial charge in [0, 0.05) is 17.1 Å². The highest BCUT2D eigenvalue weighted by Gasteiger charge is 2.00. The molecule has 0 aliphatic heterocycles.